The number of aromatic nitrogens is 2. The Bertz CT molecular complexity index is 1340. The Morgan fingerprint density at radius 2 is 1.72 bits per heavy atom. The first-order valence-electron chi connectivity index (χ1n) is 11.8. The van der Waals surface area contributed by atoms with Crippen LogP contribution in [0.15, 0.2) is 89.9 Å². The molecule has 0 fully saturated rings. The van der Waals surface area contributed by atoms with Gasteiger partial charge in [-0.05, 0) is 57.5 Å². The highest BCUT2D eigenvalue weighted by atomic mass is 16.5. The van der Waals surface area contributed by atoms with E-state index < -0.39 is 0 Å². The lowest BCUT2D eigenvalue weighted by atomic mass is 10.1. The fourth-order valence-corrected chi connectivity index (χ4v) is 3.45. The number of aliphatic imine (C=N–C) groups is 1. The molecule has 0 spiro atoms. The molecule has 184 valence electrons. The molecular formula is C29H31N5O2. The molecule has 0 aliphatic heterocycles. The summed E-state index contributed by atoms with van der Waals surface area (Å²) >= 11 is 0. The Kier molecular flexibility index (Phi) is 7.49. The van der Waals surface area contributed by atoms with Gasteiger partial charge in [0, 0.05) is 22.7 Å². The second-order valence-corrected chi connectivity index (χ2v) is 9.60. The molecule has 0 atom stereocenters. The van der Waals surface area contributed by atoms with E-state index in [9.17, 15) is 4.79 Å². The highest BCUT2D eigenvalue weighted by molar-refractivity contribution is 6.06. The van der Waals surface area contributed by atoms with Crippen molar-refractivity contribution < 1.29 is 9.53 Å². The van der Waals surface area contributed by atoms with Crippen molar-refractivity contribution in [2.24, 2.45) is 4.99 Å². The third-order valence-electron chi connectivity index (χ3n) is 5.21. The third kappa shape index (κ3) is 7.06. The van der Waals surface area contributed by atoms with Crippen LogP contribution in [0.3, 0.4) is 0 Å². The highest BCUT2D eigenvalue weighted by Gasteiger charge is 2.16. The maximum atomic E-state index is 12.8. The second-order valence-electron chi connectivity index (χ2n) is 9.60. The maximum Gasteiger partial charge on any atom is 0.280 e. The third-order valence-corrected chi connectivity index (χ3v) is 5.21. The van der Waals surface area contributed by atoms with E-state index in [0.717, 1.165) is 28.1 Å². The molecule has 0 aliphatic carbocycles. The summed E-state index contributed by atoms with van der Waals surface area (Å²) in [4.78, 5) is 17.1. The molecule has 0 aliphatic rings. The summed E-state index contributed by atoms with van der Waals surface area (Å²) in [6, 6.07) is 27.0. The molecule has 4 rings (SSSR count). The molecule has 0 bridgehead atoms. The highest BCUT2D eigenvalue weighted by Crippen LogP contribution is 2.24. The molecule has 0 saturated carbocycles. The van der Waals surface area contributed by atoms with Gasteiger partial charge in [-0.2, -0.15) is 10.1 Å². The van der Waals surface area contributed by atoms with Crippen LogP contribution >= 0.6 is 0 Å². The topological polar surface area (TPSA) is 91.4 Å². The monoisotopic (exact) mass is 481 g/mol. The molecule has 1 amide bonds. The number of hydrogen-bond acceptors (Lipinski definition) is 3. The minimum atomic E-state index is -0.336. The maximum absolute atomic E-state index is 12.8. The number of aromatic amines is 1. The lowest BCUT2D eigenvalue weighted by Gasteiger charge is -2.23. The molecule has 36 heavy (non-hydrogen) atoms. The van der Waals surface area contributed by atoms with Gasteiger partial charge in [-0.15, -0.1) is 0 Å². The quantitative estimate of drug-likeness (QED) is 0.233. The van der Waals surface area contributed by atoms with Crippen LogP contribution < -0.4 is 15.4 Å². The number of amides is 1. The van der Waals surface area contributed by atoms with Gasteiger partial charge in [-0.3, -0.25) is 9.89 Å². The molecule has 0 unspecified atom stereocenters. The Morgan fingerprint density at radius 3 is 2.44 bits per heavy atom. The lowest BCUT2D eigenvalue weighted by molar-refractivity contribution is 0.100. The summed E-state index contributed by atoms with van der Waals surface area (Å²) in [6.07, 6.45) is 0. The Labute approximate surface area is 211 Å². The van der Waals surface area contributed by atoms with Crippen molar-refractivity contribution in [3.05, 3.63) is 102 Å². The summed E-state index contributed by atoms with van der Waals surface area (Å²) in [5, 5.41) is 13.8. The van der Waals surface area contributed by atoms with Crippen molar-refractivity contribution in [3.8, 4) is 17.0 Å². The van der Waals surface area contributed by atoms with Gasteiger partial charge < -0.3 is 15.4 Å². The van der Waals surface area contributed by atoms with Crippen LogP contribution in [0, 0.1) is 6.92 Å². The van der Waals surface area contributed by atoms with Crippen LogP contribution in [0.25, 0.3) is 11.3 Å². The average Bonchev–Trinajstić information content (AvgIpc) is 3.31. The van der Waals surface area contributed by atoms with Gasteiger partial charge in [0.05, 0.1) is 5.69 Å². The summed E-state index contributed by atoms with van der Waals surface area (Å²) in [5.74, 6) is 1.36. The molecule has 1 heterocycles. The number of ether oxygens (including phenoxy) is 1. The minimum absolute atomic E-state index is 0.313. The van der Waals surface area contributed by atoms with E-state index in [2.05, 4.69) is 25.8 Å². The second kappa shape index (κ2) is 10.9. The van der Waals surface area contributed by atoms with Gasteiger partial charge in [0.25, 0.3) is 5.91 Å². The predicted molar refractivity (Wildman–Crippen MR) is 144 cm³/mol. The van der Waals surface area contributed by atoms with Crippen molar-refractivity contribution in [2.75, 3.05) is 5.32 Å². The summed E-state index contributed by atoms with van der Waals surface area (Å²) in [5.41, 5.74) is 4.04. The summed E-state index contributed by atoms with van der Waals surface area (Å²) in [6.45, 7) is 8.47. The smallest absolute Gasteiger partial charge is 0.280 e. The number of H-pyrrole nitrogens is 1. The SMILES string of the molecule is Cc1ccc(C(=O)/N=C(\Nc2cc(-c3cccc(OCc4ccccc4)c3)n[nH]2)NC(C)(C)C)cc1. The van der Waals surface area contributed by atoms with Crippen molar-refractivity contribution in [2.45, 2.75) is 39.8 Å². The number of nitrogens with zero attached hydrogens (tertiary/aromatic N) is 2. The van der Waals surface area contributed by atoms with Crippen molar-refractivity contribution in [1.82, 2.24) is 15.5 Å². The van der Waals surface area contributed by atoms with E-state index in [-0.39, 0.29) is 11.4 Å². The van der Waals surface area contributed by atoms with E-state index in [1.807, 2.05) is 100 Å². The number of anilines is 1. The van der Waals surface area contributed by atoms with Crippen molar-refractivity contribution in [1.29, 1.82) is 0 Å². The fraction of sp³-hybridized carbons (Fsp3) is 0.207. The van der Waals surface area contributed by atoms with Crippen LogP contribution in [0.1, 0.15) is 42.3 Å². The van der Waals surface area contributed by atoms with E-state index in [1.165, 1.54) is 0 Å². The van der Waals surface area contributed by atoms with Gasteiger partial charge in [0.2, 0.25) is 5.96 Å². The van der Waals surface area contributed by atoms with Crippen LogP contribution in [0.4, 0.5) is 5.82 Å². The van der Waals surface area contributed by atoms with Crippen molar-refractivity contribution in [3.63, 3.8) is 0 Å². The molecule has 3 N–H and O–H groups in total. The van der Waals surface area contributed by atoms with Crippen LogP contribution in [-0.4, -0.2) is 27.6 Å². The molecule has 3 aromatic carbocycles. The summed E-state index contributed by atoms with van der Waals surface area (Å²) in [7, 11) is 0. The molecule has 4 aromatic rings. The van der Waals surface area contributed by atoms with Gasteiger partial charge in [0.15, 0.2) is 0 Å². The van der Waals surface area contributed by atoms with Crippen LogP contribution in [0.5, 0.6) is 5.75 Å². The van der Waals surface area contributed by atoms with Gasteiger partial charge in [0.1, 0.15) is 18.2 Å². The lowest BCUT2D eigenvalue weighted by Crippen LogP contribution is -2.44. The molecule has 7 nitrogen and oxygen atoms in total. The first kappa shape index (κ1) is 24.7. The number of guanidine groups is 1. The molecule has 1 aromatic heterocycles. The number of aryl methyl sites for hydroxylation is 1. The van der Waals surface area contributed by atoms with E-state index in [4.69, 9.17) is 4.74 Å². The van der Waals surface area contributed by atoms with Gasteiger partial charge >= 0.3 is 0 Å². The molecule has 0 saturated heterocycles. The van der Waals surface area contributed by atoms with Crippen LogP contribution in [-0.2, 0) is 6.61 Å². The zero-order valence-electron chi connectivity index (χ0n) is 21.0. The van der Waals surface area contributed by atoms with E-state index in [1.54, 1.807) is 12.1 Å². The number of nitrogens with one attached hydrogen (secondary N) is 3. The fourth-order valence-electron chi connectivity index (χ4n) is 3.45. The van der Waals surface area contributed by atoms with E-state index in [0.29, 0.717) is 23.9 Å². The minimum Gasteiger partial charge on any atom is -0.489 e. The van der Waals surface area contributed by atoms with Crippen LogP contribution in [0.2, 0.25) is 0 Å². The largest absolute Gasteiger partial charge is 0.489 e. The summed E-state index contributed by atoms with van der Waals surface area (Å²) < 4.78 is 5.95. The first-order chi connectivity index (χ1) is 17.2. The molecule has 7 heteroatoms. The molecule has 0 radical (unpaired) electrons. The number of rotatable bonds is 6. The Balaban J connectivity index is 1.49. The Hall–Kier alpha value is -4.39. The number of carbonyl (C=O) groups excluding carboxylic acids is 1. The van der Waals surface area contributed by atoms with Gasteiger partial charge in [-0.1, -0.05) is 60.2 Å². The number of hydrogen-bond donors (Lipinski definition) is 3. The average molecular weight is 482 g/mol. The molecular weight excluding hydrogens is 450 g/mol. The zero-order chi connectivity index (χ0) is 25.5. The standard InChI is InChI=1S/C29H31N5O2/c1-20-13-15-22(16-14-20)27(35)31-28(32-29(2,3)4)30-26-18-25(33-34-26)23-11-8-12-24(17-23)36-19-21-9-6-5-7-10-21/h5-18H,19H2,1-4H3,(H3,30,31,32,33,34,35). The normalized spacial score (nSPS) is 11.7. The Morgan fingerprint density at radius 1 is 0.972 bits per heavy atom. The number of benzene rings is 3. The zero-order valence-corrected chi connectivity index (χ0v) is 21.0. The van der Waals surface area contributed by atoms with Crippen molar-refractivity contribution >= 4 is 17.7 Å². The number of carbonyl (C=O) groups is 1. The van der Waals surface area contributed by atoms with Gasteiger partial charge in [-0.25, -0.2) is 0 Å². The van der Waals surface area contributed by atoms with E-state index >= 15 is 0 Å². The predicted octanol–water partition coefficient (Wildman–Crippen LogP) is 5.96. The first-order valence-corrected chi connectivity index (χ1v) is 11.8.